The zero-order valence-electron chi connectivity index (χ0n) is 21.0. The van der Waals surface area contributed by atoms with Gasteiger partial charge in [-0.05, 0) is 54.8 Å². The molecule has 1 aromatic heterocycles. The van der Waals surface area contributed by atoms with Gasteiger partial charge in [0.15, 0.2) is 0 Å². The Hall–Kier alpha value is -4.30. The molecule has 1 saturated heterocycles. The zero-order valence-corrected chi connectivity index (χ0v) is 21.0. The SMILES string of the molecule is Cc1ccc(C)c(-n2nc(-c3ccc([N+](=O)[O-])cc3)cc2C(=O)N2CCN(Cc3ccccc3)CC2)c1. The van der Waals surface area contributed by atoms with Crippen LogP contribution in [0.25, 0.3) is 16.9 Å². The van der Waals surface area contributed by atoms with E-state index in [4.69, 9.17) is 5.10 Å². The first-order valence-corrected chi connectivity index (χ1v) is 12.4. The summed E-state index contributed by atoms with van der Waals surface area (Å²) in [5.41, 5.74) is 6.01. The van der Waals surface area contributed by atoms with Crippen LogP contribution in [0.3, 0.4) is 0 Å². The van der Waals surface area contributed by atoms with E-state index in [1.165, 1.54) is 17.7 Å². The summed E-state index contributed by atoms with van der Waals surface area (Å²) >= 11 is 0. The molecule has 0 atom stereocenters. The quantitative estimate of drug-likeness (QED) is 0.277. The molecule has 37 heavy (non-hydrogen) atoms. The average Bonchev–Trinajstić information content (AvgIpc) is 3.36. The van der Waals surface area contributed by atoms with E-state index in [1.54, 1.807) is 22.9 Å². The smallest absolute Gasteiger partial charge is 0.272 e. The minimum absolute atomic E-state index is 0.0161. The predicted octanol–water partition coefficient (Wildman–Crippen LogP) is 5.02. The highest BCUT2D eigenvalue weighted by Gasteiger charge is 2.27. The number of hydrogen-bond donors (Lipinski definition) is 0. The lowest BCUT2D eigenvalue weighted by atomic mass is 10.1. The van der Waals surface area contributed by atoms with Crippen molar-refractivity contribution in [2.24, 2.45) is 0 Å². The molecule has 1 amide bonds. The van der Waals surface area contributed by atoms with Crippen molar-refractivity contribution in [1.82, 2.24) is 19.6 Å². The predicted molar refractivity (Wildman–Crippen MR) is 143 cm³/mol. The van der Waals surface area contributed by atoms with Gasteiger partial charge in [-0.3, -0.25) is 19.8 Å². The van der Waals surface area contributed by atoms with Crippen LogP contribution in [-0.4, -0.2) is 56.6 Å². The van der Waals surface area contributed by atoms with Crippen LogP contribution in [0.1, 0.15) is 27.2 Å². The molecule has 1 aliphatic rings. The third-order valence-electron chi connectivity index (χ3n) is 6.80. The molecular formula is C29H29N5O3. The highest BCUT2D eigenvalue weighted by atomic mass is 16.6. The fraction of sp³-hybridized carbons (Fsp3) is 0.241. The summed E-state index contributed by atoms with van der Waals surface area (Å²) in [6, 6.07) is 24.5. The number of carbonyl (C=O) groups is 1. The van der Waals surface area contributed by atoms with Crippen LogP contribution in [0, 0.1) is 24.0 Å². The third kappa shape index (κ3) is 5.29. The molecule has 0 bridgehead atoms. The van der Waals surface area contributed by atoms with Crippen LogP contribution < -0.4 is 0 Å². The molecule has 8 heteroatoms. The van der Waals surface area contributed by atoms with E-state index in [1.807, 2.05) is 55.1 Å². The summed E-state index contributed by atoms with van der Waals surface area (Å²) in [7, 11) is 0. The van der Waals surface area contributed by atoms with E-state index in [9.17, 15) is 14.9 Å². The number of nitrogens with zero attached hydrogens (tertiary/aromatic N) is 5. The Morgan fingerprint density at radius 3 is 2.30 bits per heavy atom. The van der Waals surface area contributed by atoms with Gasteiger partial charge >= 0.3 is 0 Å². The maximum absolute atomic E-state index is 13.8. The lowest BCUT2D eigenvalue weighted by Gasteiger charge is -2.34. The van der Waals surface area contributed by atoms with Crippen molar-refractivity contribution in [1.29, 1.82) is 0 Å². The molecule has 0 aliphatic carbocycles. The van der Waals surface area contributed by atoms with Crippen molar-refractivity contribution in [2.75, 3.05) is 26.2 Å². The third-order valence-corrected chi connectivity index (χ3v) is 6.80. The van der Waals surface area contributed by atoms with E-state index >= 15 is 0 Å². The van der Waals surface area contributed by atoms with Crippen molar-refractivity contribution < 1.29 is 9.72 Å². The molecule has 188 valence electrons. The van der Waals surface area contributed by atoms with Crippen molar-refractivity contribution >= 4 is 11.6 Å². The number of carbonyl (C=O) groups excluding carboxylic acids is 1. The van der Waals surface area contributed by atoms with Crippen LogP contribution in [0.15, 0.2) is 78.9 Å². The van der Waals surface area contributed by atoms with Gasteiger partial charge in [0.25, 0.3) is 11.6 Å². The van der Waals surface area contributed by atoms with Crippen LogP contribution in [-0.2, 0) is 6.54 Å². The summed E-state index contributed by atoms with van der Waals surface area (Å²) in [6.45, 7) is 7.75. The molecule has 0 radical (unpaired) electrons. The Morgan fingerprint density at radius 1 is 0.919 bits per heavy atom. The number of nitro benzene ring substituents is 1. The number of hydrogen-bond acceptors (Lipinski definition) is 5. The standard InChI is InChI=1S/C29H29N5O3/c1-21-8-9-22(2)27(18-21)33-28(19-26(30-33)24-10-12-25(13-11-24)34(36)37)29(35)32-16-14-31(15-17-32)20-23-6-4-3-5-7-23/h3-13,18-19H,14-17,20H2,1-2H3. The van der Waals surface area contributed by atoms with Gasteiger partial charge in [0.1, 0.15) is 5.69 Å². The van der Waals surface area contributed by atoms with E-state index in [0.717, 1.165) is 42.0 Å². The summed E-state index contributed by atoms with van der Waals surface area (Å²) in [6.07, 6.45) is 0. The highest BCUT2D eigenvalue weighted by Crippen LogP contribution is 2.27. The molecule has 4 aromatic rings. The van der Waals surface area contributed by atoms with Gasteiger partial charge in [0, 0.05) is 50.4 Å². The number of aromatic nitrogens is 2. The molecule has 8 nitrogen and oxygen atoms in total. The van der Waals surface area contributed by atoms with Crippen molar-refractivity contribution in [3.05, 3.63) is 111 Å². The molecule has 1 fully saturated rings. The van der Waals surface area contributed by atoms with Gasteiger partial charge < -0.3 is 4.90 Å². The minimum Gasteiger partial charge on any atom is -0.335 e. The summed E-state index contributed by atoms with van der Waals surface area (Å²) in [4.78, 5) is 28.7. The molecule has 0 spiro atoms. The molecule has 0 saturated carbocycles. The number of benzene rings is 3. The Labute approximate surface area is 215 Å². The highest BCUT2D eigenvalue weighted by molar-refractivity contribution is 5.94. The van der Waals surface area contributed by atoms with Gasteiger partial charge in [-0.1, -0.05) is 42.5 Å². The number of amides is 1. The van der Waals surface area contributed by atoms with Crippen LogP contribution >= 0.6 is 0 Å². The first-order valence-electron chi connectivity index (χ1n) is 12.4. The molecule has 1 aliphatic heterocycles. The Morgan fingerprint density at radius 2 is 1.62 bits per heavy atom. The number of nitro groups is 1. The summed E-state index contributed by atoms with van der Waals surface area (Å²) in [5, 5.41) is 15.9. The fourth-order valence-electron chi connectivity index (χ4n) is 4.67. The maximum atomic E-state index is 13.8. The molecular weight excluding hydrogens is 466 g/mol. The van der Waals surface area contributed by atoms with Crippen molar-refractivity contribution in [2.45, 2.75) is 20.4 Å². The monoisotopic (exact) mass is 495 g/mol. The Kier molecular flexibility index (Phi) is 6.83. The van der Waals surface area contributed by atoms with Crippen LogP contribution in [0.5, 0.6) is 0 Å². The average molecular weight is 496 g/mol. The topological polar surface area (TPSA) is 84.5 Å². The second-order valence-corrected chi connectivity index (χ2v) is 9.47. The van der Waals surface area contributed by atoms with Gasteiger partial charge in [-0.25, -0.2) is 4.68 Å². The first-order chi connectivity index (χ1) is 17.9. The molecule has 3 aromatic carbocycles. The lowest BCUT2D eigenvalue weighted by Crippen LogP contribution is -2.48. The second-order valence-electron chi connectivity index (χ2n) is 9.47. The fourth-order valence-corrected chi connectivity index (χ4v) is 4.67. The maximum Gasteiger partial charge on any atom is 0.272 e. The van der Waals surface area contributed by atoms with Gasteiger partial charge in [-0.2, -0.15) is 5.10 Å². The second kappa shape index (κ2) is 10.4. The van der Waals surface area contributed by atoms with Gasteiger partial charge in [-0.15, -0.1) is 0 Å². The number of non-ortho nitro benzene ring substituents is 1. The normalized spacial score (nSPS) is 14.1. The van der Waals surface area contributed by atoms with Gasteiger partial charge in [0.05, 0.1) is 16.3 Å². The molecule has 0 unspecified atom stereocenters. The van der Waals surface area contributed by atoms with Crippen molar-refractivity contribution in [3.8, 4) is 16.9 Å². The Bertz CT molecular complexity index is 1420. The number of piperazine rings is 1. The summed E-state index contributed by atoms with van der Waals surface area (Å²) < 4.78 is 1.72. The molecule has 5 rings (SSSR count). The number of aryl methyl sites for hydroxylation is 2. The zero-order chi connectivity index (χ0) is 25.9. The molecule has 0 N–H and O–H groups in total. The van der Waals surface area contributed by atoms with E-state index in [-0.39, 0.29) is 11.6 Å². The van der Waals surface area contributed by atoms with Crippen LogP contribution in [0.4, 0.5) is 5.69 Å². The number of rotatable bonds is 6. The van der Waals surface area contributed by atoms with E-state index < -0.39 is 4.92 Å². The van der Waals surface area contributed by atoms with E-state index in [0.29, 0.717) is 24.5 Å². The molecule has 2 heterocycles. The van der Waals surface area contributed by atoms with Gasteiger partial charge in [0.2, 0.25) is 0 Å². The summed E-state index contributed by atoms with van der Waals surface area (Å²) in [5.74, 6) is -0.0686. The minimum atomic E-state index is -0.426. The van der Waals surface area contributed by atoms with Crippen molar-refractivity contribution in [3.63, 3.8) is 0 Å². The van der Waals surface area contributed by atoms with E-state index in [2.05, 4.69) is 17.0 Å². The Balaban J connectivity index is 1.43. The van der Waals surface area contributed by atoms with Crippen LogP contribution in [0.2, 0.25) is 0 Å². The first kappa shape index (κ1) is 24.4. The largest absolute Gasteiger partial charge is 0.335 e. The lowest BCUT2D eigenvalue weighted by molar-refractivity contribution is -0.384.